The maximum Gasteiger partial charge on any atom is 0.335 e. The Balaban J connectivity index is 2.16. The van der Waals surface area contributed by atoms with E-state index in [1.807, 2.05) is 13.8 Å². The molecule has 0 aromatic heterocycles. The first-order chi connectivity index (χ1) is 8.85. The third-order valence-corrected chi connectivity index (χ3v) is 3.54. The van der Waals surface area contributed by atoms with Gasteiger partial charge in [-0.1, -0.05) is 13.8 Å². The number of carbonyl (C=O) groups is 2. The van der Waals surface area contributed by atoms with Crippen LogP contribution in [0.4, 0.5) is 5.69 Å². The van der Waals surface area contributed by atoms with Gasteiger partial charge in [-0.15, -0.1) is 0 Å². The molecule has 2 rings (SSSR count). The minimum Gasteiger partial charge on any atom is -0.495 e. The van der Waals surface area contributed by atoms with Crippen LogP contribution in [0.1, 0.15) is 30.6 Å². The van der Waals surface area contributed by atoms with Crippen LogP contribution in [0, 0.1) is 11.3 Å². The highest BCUT2D eigenvalue weighted by Crippen LogP contribution is 2.52. The number of benzene rings is 1. The van der Waals surface area contributed by atoms with Crippen molar-refractivity contribution in [2.24, 2.45) is 11.3 Å². The third kappa shape index (κ3) is 2.70. The maximum absolute atomic E-state index is 12.0. The molecule has 2 N–H and O–H groups in total. The number of ether oxygens (including phenoxy) is 1. The number of carbonyl (C=O) groups excluding carboxylic acids is 1. The summed E-state index contributed by atoms with van der Waals surface area (Å²) >= 11 is 0. The molecule has 1 aromatic carbocycles. The van der Waals surface area contributed by atoms with Crippen LogP contribution in [0.5, 0.6) is 5.75 Å². The van der Waals surface area contributed by atoms with Crippen molar-refractivity contribution < 1.29 is 19.4 Å². The number of aromatic carboxylic acids is 1. The molecule has 0 radical (unpaired) electrons. The highest BCUT2D eigenvalue weighted by molar-refractivity contribution is 5.97. The summed E-state index contributed by atoms with van der Waals surface area (Å²) in [6, 6.07) is 4.39. The van der Waals surface area contributed by atoms with Gasteiger partial charge < -0.3 is 15.2 Å². The Hall–Kier alpha value is -2.04. The van der Waals surface area contributed by atoms with E-state index in [0.717, 1.165) is 6.42 Å². The van der Waals surface area contributed by atoms with Crippen molar-refractivity contribution in [1.82, 2.24) is 0 Å². The van der Waals surface area contributed by atoms with Crippen LogP contribution in [-0.2, 0) is 4.79 Å². The molecule has 102 valence electrons. The summed E-state index contributed by atoms with van der Waals surface area (Å²) in [6.07, 6.45) is 0.869. The number of nitrogens with one attached hydrogen (secondary N) is 1. The number of carboxylic acid groups (broad SMARTS) is 1. The van der Waals surface area contributed by atoms with Gasteiger partial charge in [0.15, 0.2) is 0 Å². The number of rotatable bonds is 4. The molecule has 1 aliphatic carbocycles. The Labute approximate surface area is 111 Å². The van der Waals surface area contributed by atoms with E-state index in [-0.39, 0.29) is 22.8 Å². The molecular formula is C14H17NO4. The van der Waals surface area contributed by atoms with Gasteiger partial charge in [-0.05, 0) is 30.0 Å². The third-order valence-electron chi connectivity index (χ3n) is 3.54. The molecule has 0 heterocycles. The molecule has 5 nitrogen and oxygen atoms in total. The number of carboxylic acids is 1. The zero-order valence-corrected chi connectivity index (χ0v) is 11.2. The Morgan fingerprint density at radius 1 is 1.42 bits per heavy atom. The van der Waals surface area contributed by atoms with Crippen LogP contribution in [0.3, 0.4) is 0 Å². The molecule has 19 heavy (non-hydrogen) atoms. The zero-order chi connectivity index (χ0) is 14.2. The quantitative estimate of drug-likeness (QED) is 0.874. The lowest BCUT2D eigenvalue weighted by molar-refractivity contribution is -0.118. The molecular weight excluding hydrogens is 246 g/mol. The smallest absolute Gasteiger partial charge is 0.335 e. The number of anilines is 1. The average molecular weight is 263 g/mol. The van der Waals surface area contributed by atoms with Gasteiger partial charge >= 0.3 is 5.97 Å². The van der Waals surface area contributed by atoms with Crippen molar-refractivity contribution in [1.29, 1.82) is 0 Å². The molecule has 1 aliphatic rings. The molecule has 5 heteroatoms. The predicted molar refractivity (Wildman–Crippen MR) is 70.5 cm³/mol. The standard InChI is InChI=1S/C14H17NO4/c1-14(2)7-9(14)12(16)15-10-5-4-8(13(17)18)6-11(10)19-3/h4-6,9H,7H2,1-3H3,(H,15,16)(H,17,18)/t9-/m1/s1. The number of amides is 1. The summed E-state index contributed by atoms with van der Waals surface area (Å²) in [5.41, 5.74) is 0.681. The summed E-state index contributed by atoms with van der Waals surface area (Å²) in [4.78, 5) is 22.9. The van der Waals surface area contributed by atoms with Crippen molar-refractivity contribution in [2.45, 2.75) is 20.3 Å². The minimum atomic E-state index is -1.03. The second-order valence-electron chi connectivity index (χ2n) is 5.45. The molecule has 0 aliphatic heterocycles. The molecule has 1 amide bonds. The molecule has 0 bridgehead atoms. The van der Waals surface area contributed by atoms with Crippen LogP contribution < -0.4 is 10.1 Å². The lowest BCUT2D eigenvalue weighted by atomic mass is 10.1. The van der Waals surface area contributed by atoms with Crippen LogP contribution in [-0.4, -0.2) is 24.1 Å². The van der Waals surface area contributed by atoms with Crippen molar-refractivity contribution in [3.63, 3.8) is 0 Å². The van der Waals surface area contributed by atoms with Crippen molar-refractivity contribution in [2.75, 3.05) is 12.4 Å². The predicted octanol–water partition coefficient (Wildman–Crippen LogP) is 2.38. The fourth-order valence-electron chi connectivity index (χ4n) is 2.06. The van der Waals surface area contributed by atoms with Crippen LogP contribution >= 0.6 is 0 Å². The number of methoxy groups -OCH3 is 1. The second-order valence-corrected chi connectivity index (χ2v) is 5.45. The Morgan fingerprint density at radius 2 is 2.05 bits per heavy atom. The molecule has 0 spiro atoms. The van der Waals surface area contributed by atoms with E-state index in [2.05, 4.69) is 5.32 Å². The van der Waals surface area contributed by atoms with Crippen LogP contribution in [0.2, 0.25) is 0 Å². The van der Waals surface area contributed by atoms with E-state index in [0.29, 0.717) is 11.4 Å². The topological polar surface area (TPSA) is 75.6 Å². The van der Waals surface area contributed by atoms with E-state index < -0.39 is 5.97 Å². The molecule has 1 aromatic rings. The highest BCUT2D eigenvalue weighted by atomic mass is 16.5. The SMILES string of the molecule is COc1cc(C(=O)O)ccc1NC(=O)[C@H]1CC1(C)C. The molecule has 1 saturated carbocycles. The lowest BCUT2D eigenvalue weighted by Crippen LogP contribution is -2.17. The summed E-state index contributed by atoms with van der Waals surface area (Å²) < 4.78 is 5.11. The first-order valence-electron chi connectivity index (χ1n) is 6.07. The number of hydrogen-bond acceptors (Lipinski definition) is 3. The molecule has 1 atom stereocenters. The summed E-state index contributed by atoms with van der Waals surface area (Å²) in [7, 11) is 1.44. The van der Waals surface area contributed by atoms with E-state index in [1.54, 1.807) is 6.07 Å². The first kappa shape index (κ1) is 13.4. The minimum absolute atomic E-state index is 0.0105. The van der Waals surface area contributed by atoms with Gasteiger partial charge in [-0.2, -0.15) is 0 Å². The maximum atomic E-state index is 12.0. The fourth-order valence-corrected chi connectivity index (χ4v) is 2.06. The van der Waals surface area contributed by atoms with Gasteiger partial charge in [0.1, 0.15) is 5.75 Å². The van der Waals surface area contributed by atoms with Gasteiger partial charge in [0.25, 0.3) is 0 Å². The second kappa shape index (κ2) is 4.57. The van der Waals surface area contributed by atoms with Crippen LogP contribution in [0.25, 0.3) is 0 Å². The fraction of sp³-hybridized carbons (Fsp3) is 0.429. The lowest BCUT2D eigenvalue weighted by Gasteiger charge is -2.11. The Morgan fingerprint density at radius 3 is 2.53 bits per heavy atom. The van der Waals surface area contributed by atoms with Gasteiger partial charge in [0, 0.05) is 5.92 Å². The van der Waals surface area contributed by atoms with E-state index >= 15 is 0 Å². The van der Waals surface area contributed by atoms with Gasteiger partial charge in [0.2, 0.25) is 5.91 Å². The van der Waals surface area contributed by atoms with Crippen molar-refractivity contribution >= 4 is 17.6 Å². The van der Waals surface area contributed by atoms with Gasteiger partial charge in [-0.3, -0.25) is 4.79 Å². The monoisotopic (exact) mass is 263 g/mol. The van der Waals surface area contributed by atoms with Gasteiger partial charge in [-0.25, -0.2) is 4.79 Å². The van der Waals surface area contributed by atoms with E-state index in [9.17, 15) is 9.59 Å². The molecule has 0 unspecified atom stereocenters. The highest BCUT2D eigenvalue weighted by Gasteiger charge is 2.50. The van der Waals surface area contributed by atoms with E-state index in [1.165, 1.54) is 19.2 Å². The Kier molecular flexibility index (Phi) is 3.22. The molecule has 1 fully saturated rings. The van der Waals surface area contributed by atoms with Crippen molar-refractivity contribution in [3.05, 3.63) is 23.8 Å². The largest absolute Gasteiger partial charge is 0.495 e. The average Bonchev–Trinajstić information content (AvgIpc) is 2.98. The summed E-state index contributed by atoms with van der Waals surface area (Å²) in [5.74, 6) is -0.714. The first-order valence-corrected chi connectivity index (χ1v) is 6.07. The summed E-state index contributed by atoms with van der Waals surface area (Å²) in [5, 5.41) is 11.7. The molecule has 0 saturated heterocycles. The summed E-state index contributed by atoms with van der Waals surface area (Å²) in [6.45, 7) is 4.09. The number of hydrogen-bond donors (Lipinski definition) is 2. The van der Waals surface area contributed by atoms with Crippen molar-refractivity contribution in [3.8, 4) is 5.75 Å². The zero-order valence-electron chi connectivity index (χ0n) is 11.2. The van der Waals surface area contributed by atoms with E-state index in [4.69, 9.17) is 9.84 Å². The van der Waals surface area contributed by atoms with Gasteiger partial charge in [0.05, 0.1) is 18.4 Å². The normalized spacial score (nSPS) is 19.6. The Bertz CT molecular complexity index is 536. The van der Waals surface area contributed by atoms with Crippen LogP contribution in [0.15, 0.2) is 18.2 Å².